The Morgan fingerprint density at radius 2 is 1.74 bits per heavy atom. The Morgan fingerprint density at radius 3 is 2.42 bits per heavy atom. The minimum Gasteiger partial charge on any atom is -0.381 e. The average Bonchev–Trinajstić information content (AvgIpc) is 2.37. The molecule has 0 aliphatic carbocycles. The van der Waals surface area contributed by atoms with Crippen molar-refractivity contribution in [2.24, 2.45) is 0 Å². The van der Waals surface area contributed by atoms with Gasteiger partial charge in [-0.25, -0.2) is 14.6 Å². The largest absolute Gasteiger partial charge is 0.491 e. The van der Waals surface area contributed by atoms with E-state index in [4.69, 9.17) is 0 Å². The summed E-state index contributed by atoms with van der Waals surface area (Å²) in [5.41, 5.74) is 0.0488. The quantitative estimate of drug-likeness (QED) is 0.589. The number of fused-ring (bicyclic) bond motifs is 1. The van der Waals surface area contributed by atoms with E-state index in [1.165, 1.54) is 12.1 Å². The number of pyridine rings is 1. The molecule has 0 saturated heterocycles. The number of alkyl halides is 3. The molecule has 0 atom stereocenters. The minimum absolute atomic E-state index is 0.365. The predicted molar refractivity (Wildman–Crippen MR) is 58.2 cm³/mol. The molecule has 7 heteroatoms. The van der Waals surface area contributed by atoms with Crippen LogP contribution in [-0.4, -0.2) is 23.1 Å². The van der Waals surface area contributed by atoms with Crippen molar-refractivity contribution >= 4 is 22.8 Å². The number of aromatic nitrogens is 1. The first-order valence-corrected chi connectivity index (χ1v) is 5.07. The van der Waals surface area contributed by atoms with Crippen LogP contribution in [0.3, 0.4) is 0 Å². The van der Waals surface area contributed by atoms with E-state index >= 15 is 0 Å². The molecule has 2 rings (SSSR count). The highest BCUT2D eigenvalue weighted by Crippen LogP contribution is 2.18. The average molecular weight is 269 g/mol. The van der Waals surface area contributed by atoms with E-state index in [0.29, 0.717) is 10.9 Å². The third-order valence-corrected chi connectivity index (χ3v) is 2.22. The molecule has 0 unspecified atom stereocenters. The van der Waals surface area contributed by atoms with Gasteiger partial charge < -0.3 is 4.74 Å². The van der Waals surface area contributed by atoms with Gasteiger partial charge in [-0.1, -0.05) is 24.3 Å². The number of ether oxygens (including phenoxy) is 1. The van der Waals surface area contributed by atoms with Crippen molar-refractivity contribution in [3.63, 3.8) is 0 Å². The molecule has 0 aliphatic heterocycles. The highest BCUT2D eigenvalue weighted by atomic mass is 19.4. The summed E-state index contributed by atoms with van der Waals surface area (Å²) >= 11 is 0. The molecule has 19 heavy (non-hydrogen) atoms. The Balaban J connectivity index is 2.25. The van der Waals surface area contributed by atoms with Crippen LogP contribution >= 0.6 is 0 Å². The van der Waals surface area contributed by atoms with Crippen molar-refractivity contribution in [1.82, 2.24) is 4.98 Å². The third-order valence-electron chi connectivity index (χ3n) is 2.22. The summed E-state index contributed by atoms with van der Waals surface area (Å²) in [6, 6.07) is 9.39. The number of esters is 2. The molecule has 2 aromatic rings. The maximum atomic E-state index is 11.9. The molecule has 0 spiro atoms. The van der Waals surface area contributed by atoms with Crippen LogP contribution in [0.4, 0.5) is 13.2 Å². The van der Waals surface area contributed by atoms with Crippen molar-refractivity contribution in [3.8, 4) is 0 Å². The van der Waals surface area contributed by atoms with Crippen LogP contribution < -0.4 is 0 Å². The molecule has 4 nitrogen and oxygen atoms in total. The van der Waals surface area contributed by atoms with Gasteiger partial charge in [0.25, 0.3) is 0 Å². The predicted octanol–water partition coefficient (Wildman–Crippen LogP) is 2.48. The van der Waals surface area contributed by atoms with Crippen molar-refractivity contribution < 1.29 is 27.5 Å². The Morgan fingerprint density at radius 1 is 1.05 bits per heavy atom. The Labute approximate surface area is 104 Å². The van der Waals surface area contributed by atoms with Gasteiger partial charge in [0.1, 0.15) is 5.69 Å². The second-order valence-corrected chi connectivity index (χ2v) is 3.56. The lowest BCUT2D eigenvalue weighted by Gasteiger charge is -2.05. The molecule has 98 valence electrons. The molecule has 0 aliphatic rings. The number of benzene rings is 1. The molecule has 0 bridgehead atoms. The monoisotopic (exact) mass is 269 g/mol. The van der Waals surface area contributed by atoms with Gasteiger partial charge in [0, 0.05) is 5.39 Å². The smallest absolute Gasteiger partial charge is 0.381 e. The summed E-state index contributed by atoms with van der Waals surface area (Å²) in [6.45, 7) is 0. The molecule has 0 N–H and O–H groups in total. The highest BCUT2D eigenvalue weighted by molar-refractivity contribution is 5.98. The highest BCUT2D eigenvalue weighted by Gasteiger charge is 2.42. The number of halogens is 3. The number of carbonyl (C=O) groups is 2. The molecular formula is C12H6F3NO3. The van der Waals surface area contributed by atoms with Gasteiger partial charge in [-0.05, 0) is 12.1 Å². The summed E-state index contributed by atoms with van der Waals surface area (Å²) in [5.74, 6) is -4.00. The Hall–Kier alpha value is -2.44. The lowest BCUT2D eigenvalue weighted by atomic mass is 10.2. The summed E-state index contributed by atoms with van der Waals surface area (Å²) in [7, 11) is 0. The summed E-state index contributed by atoms with van der Waals surface area (Å²) in [4.78, 5) is 25.7. The van der Waals surface area contributed by atoms with E-state index in [1.54, 1.807) is 24.3 Å². The molecule has 1 heterocycles. The zero-order valence-electron chi connectivity index (χ0n) is 9.27. The van der Waals surface area contributed by atoms with E-state index in [0.717, 1.165) is 0 Å². The molecule has 1 aromatic heterocycles. The van der Waals surface area contributed by atoms with Crippen molar-refractivity contribution in [3.05, 3.63) is 42.1 Å². The number of para-hydroxylation sites is 1. The zero-order chi connectivity index (χ0) is 14.0. The van der Waals surface area contributed by atoms with Gasteiger partial charge >= 0.3 is 18.1 Å². The first-order valence-electron chi connectivity index (χ1n) is 5.07. The second-order valence-electron chi connectivity index (χ2n) is 3.56. The molecular weight excluding hydrogens is 263 g/mol. The van der Waals surface area contributed by atoms with E-state index in [2.05, 4.69) is 9.72 Å². The third kappa shape index (κ3) is 2.87. The Bertz CT molecular complexity index is 652. The minimum atomic E-state index is -5.22. The van der Waals surface area contributed by atoms with Crippen LogP contribution in [0, 0.1) is 0 Å². The fourth-order valence-electron chi connectivity index (χ4n) is 1.37. The summed E-state index contributed by atoms with van der Waals surface area (Å²) < 4.78 is 39.5. The first kappa shape index (κ1) is 13.0. The SMILES string of the molecule is O=C(OC(=O)C(F)(F)F)c1ccc2ccccc2n1. The lowest BCUT2D eigenvalue weighted by Crippen LogP contribution is -2.28. The standard InChI is InChI=1S/C12H6F3NO3/c13-12(14,15)11(18)19-10(17)9-6-5-7-3-1-2-4-8(7)16-9/h1-6H. The van der Waals surface area contributed by atoms with Crippen LogP contribution in [0.15, 0.2) is 36.4 Å². The van der Waals surface area contributed by atoms with Gasteiger partial charge in [-0.3, -0.25) is 0 Å². The van der Waals surface area contributed by atoms with Gasteiger partial charge in [0.05, 0.1) is 5.52 Å². The van der Waals surface area contributed by atoms with Crippen LogP contribution in [-0.2, 0) is 9.53 Å². The van der Waals surface area contributed by atoms with E-state index in [9.17, 15) is 22.8 Å². The van der Waals surface area contributed by atoms with Crippen LogP contribution in [0.1, 0.15) is 10.5 Å². The second kappa shape index (κ2) is 4.68. The number of nitrogens with zero attached hydrogens (tertiary/aromatic N) is 1. The van der Waals surface area contributed by atoms with Gasteiger partial charge in [-0.15, -0.1) is 0 Å². The van der Waals surface area contributed by atoms with Gasteiger partial charge in [0.15, 0.2) is 0 Å². The topological polar surface area (TPSA) is 56.3 Å². The summed E-state index contributed by atoms with van der Waals surface area (Å²) in [5, 5.41) is 0.709. The molecule has 0 amide bonds. The van der Waals surface area contributed by atoms with E-state index in [1.807, 2.05) is 0 Å². The maximum absolute atomic E-state index is 11.9. The number of hydrogen-bond acceptors (Lipinski definition) is 4. The van der Waals surface area contributed by atoms with Crippen molar-refractivity contribution in [1.29, 1.82) is 0 Å². The summed E-state index contributed by atoms with van der Waals surface area (Å²) in [6.07, 6.45) is -5.22. The lowest BCUT2D eigenvalue weighted by molar-refractivity contribution is -0.193. The van der Waals surface area contributed by atoms with Crippen LogP contribution in [0.2, 0.25) is 0 Å². The molecule has 0 radical (unpaired) electrons. The van der Waals surface area contributed by atoms with Crippen LogP contribution in [0.5, 0.6) is 0 Å². The normalized spacial score (nSPS) is 11.3. The zero-order valence-corrected chi connectivity index (χ0v) is 9.27. The Kier molecular flexibility index (Phi) is 3.20. The first-order chi connectivity index (χ1) is 8.88. The van der Waals surface area contributed by atoms with Crippen molar-refractivity contribution in [2.45, 2.75) is 6.18 Å². The van der Waals surface area contributed by atoms with E-state index in [-0.39, 0.29) is 5.69 Å². The van der Waals surface area contributed by atoms with E-state index < -0.39 is 18.1 Å². The fourth-order valence-corrected chi connectivity index (χ4v) is 1.37. The maximum Gasteiger partial charge on any atom is 0.491 e. The van der Waals surface area contributed by atoms with Crippen molar-refractivity contribution in [2.75, 3.05) is 0 Å². The van der Waals surface area contributed by atoms with Gasteiger partial charge in [-0.2, -0.15) is 13.2 Å². The van der Waals surface area contributed by atoms with Crippen LogP contribution in [0.25, 0.3) is 10.9 Å². The number of hydrogen-bond donors (Lipinski definition) is 0. The fraction of sp³-hybridized carbons (Fsp3) is 0.0833. The molecule has 0 fully saturated rings. The number of rotatable bonds is 1. The van der Waals surface area contributed by atoms with Gasteiger partial charge in [0.2, 0.25) is 0 Å². The number of carbonyl (C=O) groups excluding carboxylic acids is 2. The molecule has 1 aromatic carbocycles. The molecule has 0 saturated carbocycles.